The van der Waals surface area contributed by atoms with Gasteiger partial charge in [0.05, 0.1) is 17.8 Å². The third-order valence-electron chi connectivity index (χ3n) is 4.08. The van der Waals surface area contributed by atoms with Gasteiger partial charge in [-0.1, -0.05) is 24.3 Å². The Balaban J connectivity index is 1.38. The molecule has 0 atom stereocenters. The van der Waals surface area contributed by atoms with Gasteiger partial charge in [0.25, 0.3) is 0 Å². The number of furan rings is 1. The summed E-state index contributed by atoms with van der Waals surface area (Å²) in [6.45, 7) is 1.72. The molecule has 0 saturated carbocycles. The zero-order chi connectivity index (χ0) is 18.9. The molecule has 2 aromatic heterocycles. The van der Waals surface area contributed by atoms with Crippen LogP contribution in [0.2, 0.25) is 0 Å². The number of carbonyl (C=O) groups is 1. The number of nitrogens with zero attached hydrogens (tertiary/aromatic N) is 1. The second-order valence-corrected chi connectivity index (χ2v) is 6.19. The fourth-order valence-electron chi connectivity index (χ4n) is 2.65. The van der Waals surface area contributed by atoms with Crippen molar-refractivity contribution in [2.24, 2.45) is 0 Å². The van der Waals surface area contributed by atoms with Crippen molar-refractivity contribution in [1.82, 2.24) is 10.3 Å². The maximum Gasteiger partial charge on any atom is 0.219 e. The van der Waals surface area contributed by atoms with Gasteiger partial charge in [0, 0.05) is 25.5 Å². The van der Waals surface area contributed by atoms with Gasteiger partial charge < -0.3 is 19.2 Å². The Morgan fingerprint density at radius 2 is 1.78 bits per heavy atom. The van der Waals surface area contributed by atoms with Crippen molar-refractivity contribution >= 4 is 16.8 Å². The molecule has 6 heteroatoms. The molecule has 1 N–H and O–H groups in total. The molecule has 0 spiro atoms. The number of fused-ring (bicyclic) bond motifs is 1. The zero-order valence-electron chi connectivity index (χ0n) is 15.4. The van der Waals surface area contributed by atoms with Crippen LogP contribution in [0.25, 0.3) is 10.9 Å². The smallest absolute Gasteiger partial charge is 0.219 e. The van der Waals surface area contributed by atoms with Gasteiger partial charge in [0.1, 0.15) is 24.7 Å². The van der Waals surface area contributed by atoms with Gasteiger partial charge in [-0.15, -0.1) is 0 Å². The van der Waals surface area contributed by atoms with Gasteiger partial charge in [0.2, 0.25) is 5.91 Å². The predicted molar refractivity (Wildman–Crippen MR) is 102 cm³/mol. The number of hydrogen-bond acceptors (Lipinski definition) is 5. The summed E-state index contributed by atoms with van der Waals surface area (Å²) >= 11 is 0. The lowest BCUT2D eigenvalue weighted by Crippen LogP contribution is -2.17. The molecular weight excluding hydrogens is 344 g/mol. The van der Waals surface area contributed by atoms with Crippen LogP contribution in [0.15, 0.2) is 52.9 Å². The third kappa shape index (κ3) is 5.91. The second-order valence-electron chi connectivity index (χ2n) is 6.19. The van der Waals surface area contributed by atoms with Crippen molar-refractivity contribution < 1.29 is 18.7 Å². The SMILES string of the molecule is CNC(=O)CCCOCc1ccc(COCc2ccc3ccccc3n2)o1. The number of hydrogen-bond donors (Lipinski definition) is 1. The van der Waals surface area contributed by atoms with Crippen LogP contribution in [-0.2, 0) is 34.1 Å². The van der Waals surface area contributed by atoms with Crippen molar-refractivity contribution in [3.63, 3.8) is 0 Å². The fraction of sp³-hybridized carbons (Fsp3) is 0.333. The minimum absolute atomic E-state index is 0.0249. The highest BCUT2D eigenvalue weighted by Gasteiger charge is 2.05. The van der Waals surface area contributed by atoms with Crippen LogP contribution < -0.4 is 5.32 Å². The number of carbonyl (C=O) groups excluding carboxylic acids is 1. The first-order valence-electron chi connectivity index (χ1n) is 9.03. The minimum atomic E-state index is 0.0249. The summed E-state index contributed by atoms with van der Waals surface area (Å²) in [6.07, 6.45) is 1.16. The molecule has 1 amide bonds. The maximum atomic E-state index is 11.1. The Morgan fingerprint density at radius 3 is 2.59 bits per heavy atom. The number of rotatable bonds is 10. The Labute approximate surface area is 158 Å². The largest absolute Gasteiger partial charge is 0.461 e. The topological polar surface area (TPSA) is 73.6 Å². The van der Waals surface area contributed by atoms with Crippen LogP contribution in [-0.4, -0.2) is 24.5 Å². The molecule has 0 unspecified atom stereocenters. The Hall–Kier alpha value is -2.70. The van der Waals surface area contributed by atoms with E-state index in [1.807, 2.05) is 48.5 Å². The highest BCUT2D eigenvalue weighted by atomic mass is 16.5. The number of nitrogens with one attached hydrogen (secondary N) is 1. The summed E-state index contributed by atoms with van der Waals surface area (Å²) in [7, 11) is 1.63. The van der Waals surface area contributed by atoms with E-state index in [0.717, 1.165) is 28.1 Å². The van der Waals surface area contributed by atoms with Crippen LogP contribution in [0.3, 0.4) is 0 Å². The van der Waals surface area contributed by atoms with Gasteiger partial charge in [-0.2, -0.15) is 0 Å². The lowest BCUT2D eigenvalue weighted by atomic mass is 10.2. The highest BCUT2D eigenvalue weighted by Crippen LogP contribution is 2.14. The molecule has 0 aliphatic rings. The number of pyridine rings is 1. The monoisotopic (exact) mass is 368 g/mol. The van der Waals surface area contributed by atoms with Crippen LogP contribution in [0.5, 0.6) is 0 Å². The van der Waals surface area contributed by atoms with E-state index in [0.29, 0.717) is 39.3 Å². The predicted octanol–water partition coefficient (Wildman–Crippen LogP) is 3.59. The number of benzene rings is 1. The molecule has 1 aromatic carbocycles. The summed E-state index contributed by atoms with van der Waals surface area (Å²) in [5, 5.41) is 3.70. The molecule has 27 heavy (non-hydrogen) atoms. The van der Waals surface area contributed by atoms with Gasteiger partial charge in [-0.25, -0.2) is 0 Å². The van der Waals surface area contributed by atoms with Crippen LogP contribution in [0.4, 0.5) is 0 Å². The number of aromatic nitrogens is 1. The van der Waals surface area contributed by atoms with E-state index < -0.39 is 0 Å². The standard InChI is InChI=1S/C21H24N2O4/c1-22-21(24)7-4-12-25-14-18-10-11-19(27-18)15-26-13-17-9-8-16-5-2-3-6-20(16)23-17/h2-3,5-6,8-11H,4,7,12-15H2,1H3,(H,22,24). The molecule has 142 valence electrons. The Morgan fingerprint density at radius 1 is 1.00 bits per heavy atom. The molecule has 0 aliphatic carbocycles. The van der Waals surface area contributed by atoms with Crippen molar-refractivity contribution in [3.05, 3.63) is 65.7 Å². The molecule has 3 aromatic rings. The highest BCUT2D eigenvalue weighted by molar-refractivity contribution is 5.78. The quantitative estimate of drug-likeness (QED) is 0.554. The van der Waals surface area contributed by atoms with E-state index in [1.165, 1.54) is 0 Å². The number of para-hydroxylation sites is 1. The average Bonchev–Trinajstić information content (AvgIpc) is 3.15. The van der Waals surface area contributed by atoms with Crippen LogP contribution in [0, 0.1) is 0 Å². The van der Waals surface area contributed by atoms with E-state index in [9.17, 15) is 4.79 Å². The van der Waals surface area contributed by atoms with Gasteiger partial charge in [-0.05, 0) is 30.7 Å². The first kappa shape index (κ1) is 19.1. The first-order valence-corrected chi connectivity index (χ1v) is 9.03. The van der Waals surface area contributed by atoms with Crippen molar-refractivity contribution in [2.45, 2.75) is 32.7 Å². The van der Waals surface area contributed by atoms with E-state index >= 15 is 0 Å². The van der Waals surface area contributed by atoms with E-state index in [-0.39, 0.29) is 5.91 Å². The van der Waals surface area contributed by atoms with E-state index in [2.05, 4.69) is 10.3 Å². The molecule has 6 nitrogen and oxygen atoms in total. The molecule has 0 bridgehead atoms. The zero-order valence-corrected chi connectivity index (χ0v) is 15.4. The Kier molecular flexibility index (Phi) is 6.96. The Bertz CT molecular complexity index is 875. The molecular formula is C21H24N2O4. The van der Waals surface area contributed by atoms with E-state index in [1.54, 1.807) is 7.05 Å². The molecule has 0 fully saturated rings. The molecule has 0 aliphatic heterocycles. The molecule has 3 rings (SSSR count). The summed E-state index contributed by atoms with van der Waals surface area (Å²) in [5.74, 6) is 1.52. The minimum Gasteiger partial charge on any atom is -0.461 e. The van der Waals surface area contributed by atoms with Gasteiger partial charge in [0.15, 0.2) is 0 Å². The summed E-state index contributed by atoms with van der Waals surface area (Å²) < 4.78 is 16.9. The van der Waals surface area contributed by atoms with Crippen molar-refractivity contribution in [1.29, 1.82) is 0 Å². The van der Waals surface area contributed by atoms with Gasteiger partial charge in [-0.3, -0.25) is 9.78 Å². The third-order valence-corrected chi connectivity index (χ3v) is 4.08. The molecule has 2 heterocycles. The second kappa shape index (κ2) is 9.85. The van der Waals surface area contributed by atoms with Crippen molar-refractivity contribution in [2.75, 3.05) is 13.7 Å². The lowest BCUT2D eigenvalue weighted by molar-refractivity contribution is -0.120. The average molecular weight is 368 g/mol. The number of amides is 1. The maximum absolute atomic E-state index is 11.1. The van der Waals surface area contributed by atoms with Crippen LogP contribution in [0.1, 0.15) is 30.1 Å². The lowest BCUT2D eigenvalue weighted by Gasteiger charge is -2.04. The van der Waals surface area contributed by atoms with Crippen molar-refractivity contribution in [3.8, 4) is 0 Å². The van der Waals surface area contributed by atoms with Crippen LogP contribution >= 0.6 is 0 Å². The van der Waals surface area contributed by atoms with Gasteiger partial charge >= 0.3 is 0 Å². The summed E-state index contributed by atoms with van der Waals surface area (Å²) in [4.78, 5) is 15.7. The number of ether oxygens (including phenoxy) is 2. The molecule has 0 radical (unpaired) electrons. The first-order chi connectivity index (χ1) is 13.2. The fourth-order valence-corrected chi connectivity index (χ4v) is 2.65. The van der Waals surface area contributed by atoms with E-state index in [4.69, 9.17) is 13.9 Å². The summed E-state index contributed by atoms with van der Waals surface area (Å²) in [6, 6.07) is 15.8. The normalized spacial score (nSPS) is 11.0. The molecule has 0 saturated heterocycles. The summed E-state index contributed by atoms with van der Waals surface area (Å²) in [5.41, 5.74) is 1.85.